The molecule has 2 fully saturated rings. The van der Waals surface area contributed by atoms with Crippen LogP contribution in [0.3, 0.4) is 0 Å². The quantitative estimate of drug-likeness (QED) is 0.361. The molecular formula is C22H36N6O5. The van der Waals surface area contributed by atoms with Crippen molar-refractivity contribution in [1.29, 1.82) is 0 Å². The summed E-state index contributed by atoms with van der Waals surface area (Å²) in [5.41, 5.74) is 9.74. The predicted molar refractivity (Wildman–Crippen MR) is 126 cm³/mol. The van der Waals surface area contributed by atoms with Gasteiger partial charge in [0.25, 0.3) is 5.91 Å². The molecule has 2 saturated heterocycles. The number of primary amides is 1. The van der Waals surface area contributed by atoms with Gasteiger partial charge in [-0.05, 0) is 46.8 Å². The van der Waals surface area contributed by atoms with Gasteiger partial charge in [0.2, 0.25) is 0 Å². The third-order valence-electron chi connectivity index (χ3n) is 5.36. The molecule has 0 saturated carbocycles. The molecular weight excluding hydrogens is 428 g/mol. The summed E-state index contributed by atoms with van der Waals surface area (Å²) in [7, 11) is 0. The van der Waals surface area contributed by atoms with Crippen LogP contribution in [-0.4, -0.2) is 83.3 Å². The van der Waals surface area contributed by atoms with Crippen molar-refractivity contribution in [2.75, 3.05) is 49.9 Å². The van der Waals surface area contributed by atoms with Gasteiger partial charge in [0.05, 0.1) is 5.69 Å². The second kappa shape index (κ2) is 10.2. The molecule has 1 aromatic carbocycles. The summed E-state index contributed by atoms with van der Waals surface area (Å²) in [6.45, 7) is 12.6. The SMILES string of the molecule is CC(C)(C)OC(=O)N1CCN(c2ccc(N)c(O)c2)C(=O)C1(C)C.NC(=O)N1CCNCC1. The minimum absolute atomic E-state index is 0.0762. The van der Waals surface area contributed by atoms with Crippen molar-refractivity contribution in [1.82, 2.24) is 15.1 Å². The van der Waals surface area contributed by atoms with Gasteiger partial charge in [0.15, 0.2) is 0 Å². The maximum atomic E-state index is 12.9. The van der Waals surface area contributed by atoms with E-state index in [-0.39, 0.29) is 23.4 Å². The van der Waals surface area contributed by atoms with Gasteiger partial charge in [0, 0.05) is 51.0 Å². The lowest BCUT2D eigenvalue weighted by atomic mass is 9.97. The van der Waals surface area contributed by atoms with Crippen LogP contribution in [0.5, 0.6) is 5.75 Å². The number of piperazine rings is 2. The highest BCUT2D eigenvalue weighted by Crippen LogP contribution is 2.32. The number of nitrogen functional groups attached to an aromatic ring is 1. The average molecular weight is 465 g/mol. The largest absolute Gasteiger partial charge is 0.506 e. The molecule has 1 aromatic rings. The molecule has 0 spiro atoms. The first-order valence-corrected chi connectivity index (χ1v) is 10.9. The summed E-state index contributed by atoms with van der Waals surface area (Å²) in [4.78, 5) is 40.4. The van der Waals surface area contributed by atoms with Crippen LogP contribution in [-0.2, 0) is 9.53 Å². The molecule has 0 radical (unpaired) electrons. The maximum Gasteiger partial charge on any atom is 0.411 e. The Morgan fingerprint density at radius 1 is 1.12 bits per heavy atom. The van der Waals surface area contributed by atoms with Crippen LogP contribution >= 0.6 is 0 Å². The van der Waals surface area contributed by atoms with Crippen LogP contribution in [0.1, 0.15) is 34.6 Å². The lowest BCUT2D eigenvalue weighted by Gasteiger charge is -2.45. The number of nitrogens with zero attached hydrogens (tertiary/aromatic N) is 3. The Labute approximate surface area is 194 Å². The summed E-state index contributed by atoms with van der Waals surface area (Å²) in [5, 5.41) is 12.9. The van der Waals surface area contributed by atoms with Crippen LogP contribution in [0.25, 0.3) is 0 Å². The van der Waals surface area contributed by atoms with Crippen LogP contribution < -0.4 is 21.7 Å². The van der Waals surface area contributed by atoms with Crippen LogP contribution in [0.15, 0.2) is 18.2 Å². The van der Waals surface area contributed by atoms with E-state index >= 15 is 0 Å². The summed E-state index contributed by atoms with van der Waals surface area (Å²) in [6, 6.07) is 4.36. The number of ether oxygens (including phenoxy) is 1. The molecule has 2 heterocycles. The number of benzene rings is 1. The number of phenols is 1. The summed E-state index contributed by atoms with van der Waals surface area (Å²) < 4.78 is 5.40. The molecule has 3 rings (SSSR count). The van der Waals surface area contributed by atoms with Crippen molar-refractivity contribution in [3.63, 3.8) is 0 Å². The minimum atomic E-state index is -1.06. The Kier molecular flexibility index (Phi) is 8.02. The number of nitrogens with one attached hydrogen (secondary N) is 1. The second-order valence-corrected chi connectivity index (χ2v) is 9.47. The normalized spacial score (nSPS) is 18.3. The summed E-state index contributed by atoms with van der Waals surface area (Å²) in [5.74, 6) is -0.323. The molecule has 6 N–H and O–H groups in total. The lowest BCUT2D eigenvalue weighted by molar-refractivity contribution is -0.131. The Hall–Kier alpha value is -3.21. The van der Waals surface area contributed by atoms with Gasteiger partial charge in [0.1, 0.15) is 16.9 Å². The fraction of sp³-hybridized carbons (Fsp3) is 0.591. The number of aromatic hydroxyl groups is 1. The van der Waals surface area contributed by atoms with Gasteiger partial charge in [-0.3, -0.25) is 9.69 Å². The zero-order chi connectivity index (χ0) is 25.0. The molecule has 2 aliphatic rings. The van der Waals surface area contributed by atoms with E-state index in [0.29, 0.717) is 18.8 Å². The number of carbonyl (C=O) groups is 3. The van der Waals surface area contributed by atoms with Crippen molar-refractivity contribution in [3.8, 4) is 5.75 Å². The molecule has 0 unspecified atom stereocenters. The predicted octanol–water partition coefficient (Wildman–Crippen LogP) is 1.31. The Morgan fingerprint density at radius 3 is 2.21 bits per heavy atom. The third kappa shape index (κ3) is 6.64. The minimum Gasteiger partial charge on any atom is -0.506 e. The first-order valence-electron chi connectivity index (χ1n) is 10.9. The highest BCUT2D eigenvalue weighted by molar-refractivity contribution is 6.02. The fourth-order valence-electron chi connectivity index (χ4n) is 3.49. The molecule has 2 aliphatic heterocycles. The number of hydrogen-bond acceptors (Lipinski definition) is 7. The van der Waals surface area contributed by atoms with Gasteiger partial charge < -0.3 is 36.4 Å². The van der Waals surface area contributed by atoms with Gasteiger partial charge in [-0.2, -0.15) is 0 Å². The zero-order valence-corrected chi connectivity index (χ0v) is 20.1. The number of nitrogens with two attached hydrogens (primary N) is 2. The van der Waals surface area contributed by atoms with Gasteiger partial charge in [-0.15, -0.1) is 0 Å². The standard InChI is InChI=1S/C17H25N3O4.C5H11N3O/c1-16(2,3)24-15(23)20-9-8-19(14(22)17(20,4)5)11-6-7-12(18)13(21)10-11;6-5(9)8-3-1-7-2-4-8/h6-7,10,21H,8-9,18H2,1-5H3;7H,1-4H2,(H2,6,9). The van der Waals surface area contributed by atoms with E-state index in [0.717, 1.165) is 26.2 Å². The maximum absolute atomic E-state index is 12.9. The van der Waals surface area contributed by atoms with Crippen LogP contribution in [0.2, 0.25) is 0 Å². The van der Waals surface area contributed by atoms with Crippen molar-refractivity contribution in [3.05, 3.63) is 18.2 Å². The van der Waals surface area contributed by atoms with Crippen LogP contribution in [0, 0.1) is 0 Å². The van der Waals surface area contributed by atoms with Crippen molar-refractivity contribution in [2.24, 2.45) is 5.73 Å². The van der Waals surface area contributed by atoms with E-state index in [1.807, 2.05) is 0 Å². The monoisotopic (exact) mass is 464 g/mol. The number of phenolic OH excluding ortho intramolecular Hbond substituents is 1. The fourth-order valence-corrected chi connectivity index (χ4v) is 3.49. The highest BCUT2D eigenvalue weighted by Gasteiger charge is 2.46. The first-order chi connectivity index (χ1) is 15.2. The molecule has 33 heavy (non-hydrogen) atoms. The molecule has 0 bridgehead atoms. The smallest absolute Gasteiger partial charge is 0.411 e. The van der Waals surface area contributed by atoms with E-state index in [1.165, 1.54) is 11.0 Å². The van der Waals surface area contributed by atoms with E-state index in [2.05, 4.69) is 5.32 Å². The molecule has 11 nitrogen and oxygen atoms in total. The Balaban J connectivity index is 0.000000357. The number of carbonyl (C=O) groups excluding carboxylic acids is 3. The molecule has 11 heteroatoms. The van der Waals surface area contributed by atoms with Crippen LogP contribution in [0.4, 0.5) is 21.0 Å². The Morgan fingerprint density at radius 2 is 1.73 bits per heavy atom. The molecule has 0 atom stereocenters. The summed E-state index contributed by atoms with van der Waals surface area (Å²) in [6.07, 6.45) is -0.513. The summed E-state index contributed by atoms with van der Waals surface area (Å²) >= 11 is 0. The van der Waals surface area contributed by atoms with Crippen molar-refractivity contribution >= 4 is 29.4 Å². The highest BCUT2D eigenvalue weighted by atomic mass is 16.6. The topological polar surface area (TPSA) is 154 Å². The second-order valence-electron chi connectivity index (χ2n) is 9.47. The number of anilines is 2. The Bertz CT molecular complexity index is 877. The van der Waals surface area contributed by atoms with Gasteiger partial charge in [-0.25, -0.2) is 9.59 Å². The van der Waals surface area contributed by atoms with Gasteiger partial charge >= 0.3 is 12.1 Å². The molecule has 4 amide bonds. The number of rotatable bonds is 1. The lowest BCUT2D eigenvalue weighted by Crippen LogP contribution is -2.65. The zero-order valence-electron chi connectivity index (χ0n) is 20.1. The number of hydrogen-bond donors (Lipinski definition) is 4. The third-order valence-corrected chi connectivity index (χ3v) is 5.36. The number of amides is 4. The van der Waals surface area contributed by atoms with Crippen molar-refractivity contribution in [2.45, 2.75) is 45.8 Å². The number of urea groups is 1. The molecule has 184 valence electrons. The van der Waals surface area contributed by atoms with E-state index in [9.17, 15) is 19.5 Å². The average Bonchev–Trinajstić information content (AvgIpc) is 2.72. The molecule has 0 aromatic heterocycles. The van der Waals surface area contributed by atoms with E-state index < -0.39 is 17.2 Å². The molecule has 0 aliphatic carbocycles. The van der Waals surface area contributed by atoms with E-state index in [1.54, 1.807) is 56.6 Å². The first kappa shape index (κ1) is 26.0. The van der Waals surface area contributed by atoms with E-state index in [4.69, 9.17) is 16.2 Å². The van der Waals surface area contributed by atoms with Crippen molar-refractivity contribution < 1.29 is 24.2 Å². The van der Waals surface area contributed by atoms with Gasteiger partial charge in [-0.1, -0.05) is 0 Å².